The predicted octanol–water partition coefficient (Wildman–Crippen LogP) is 3.51. The van der Waals surface area contributed by atoms with Crippen LogP contribution in [0.4, 0.5) is 13.2 Å². The summed E-state index contributed by atoms with van der Waals surface area (Å²) in [6.45, 7) is 0.0632. The number of nitrogens with zero attached hydrogens (tertiary/aromatic N) is 2. The minimum absolute atomic E-state index is 0.0797. The number of likely N-dealkylation sites (tertiary alicyclic amines) is 1. The van der Waals surface area contributed by atoms with Gasteiger partial charge in [0.05, 0.1) is 6.54 Å². The van der Waals surface area contributed by atoms with Gasteiger partial charge < -0.3 is 9.64 Å². The van der Waals surface area contributed by atoms with Gasteiger partial charge in [0.1, 0.15) is 5.75 Å². The van der Waals surface area contributed by atoms with Crippen LogP contribution in [0.5, 0.6) is 5.75 Å². The molecule has 0 saturated carbocycles. The molecule has 0 aliphatic carbocycles. The quantitative estimate of drug-likeness (QED) is 0.671. The maximum atomic E-state index is 12.6. The molecule has 0 aromatic heterocycles. The first-order chi connectivity index (χ1) is 14.1. The van der Waals surface area contributed by atoms with Crippen molar-refractivity contribution in [2.75, 3.05) is 7.05 Å². The molecule has 30 heavy (non-hydrogen) atoms. The molecule has 2 aromatic rings. The third kappa shape index (κ3) is 5.16. The number of carbonyl (C=O) groups excluding carboxylic acids is 3. The molecule has 158 valence electrons. The van der Waals surface area contributed by atoms with Crippen molar-refractivity contribution in [1.29, 1.82) is 0 Å². The summed E-state index contributed by atoms with van der Waals surface area (Å²) >= 11 is 0. The van der Waals surface area contributed by atoms with E-state index in [4.69, 9.17) is 0 Å². The van der Waals surface area contributed by atoms with Crippen molar-refractivity contribution in [2.45, 2.75) is 32.3 Å². The number of hydrogen-bond donors (Lipinski definition) is 0. The number of para-hydroxylation sites is 1. The molecule has 0 unspecified atom stereocenters. The van der Waals surface area contributed by atoms with Gasteiger partial charge in [0.15, 0.2) is 0 Å². The van der Waals surface area contributed by atoms with Crippen LogP contribution >= 0.6 is 0 Å². The second-order valence-electron chi connectivity index (χ2n) is 6.89. The third-order valence-electron chi connectivity index (χ3n) is 4.65. The Morgan fingerprint density at radius 3 is 2.23 bits per heavy atom. The average molecular weight is 420 g/mol. The predicted molar refractivity (Wildman–Crippen MR) is 100 cm³/mol. The number of ether oxygens (including phenoxy) is 1. The molecule has 9 heteroatoms. The zero-order valence-electron chi connectivity index (χ0n) is 16.1. The smallest absolute Gasteiger partial charge is 0.405 e. The van der Waals surface area contributed by atoms with Crippen molar-refractivity contribution < 1.29 is 32.3 Å². The highest BCUT2D eigenvalue weighted by molar-refractivity contribution is 6.01. The molecule has 1 aliphatic rings. The van der Waals surface area contributed by atoms with E-state index in [-0.39, 0.29) is 49.1 Å². The van der Waals surface area contributed by atoms with E-state index in [1.807, 2.05) is 0 Å². The van der Waals surface area contributed by atoms with Crippen LogP contribution in [0.2, 0.25) is 0 Å². The van der Waals surface area contributed by atoms with Crippen molar-refractivity contribution >= 4 is 17.7 Å². The van der Waals surface area contributed by atoms with Gasteiger partial charge >= 0.3 is 6.36 Å². The summed E-state index contributed by atoms with van der Waals surface area (Å²) in [4.78, 5) is 38.5. The number of amides is 3. The molecule has 1 heterocycles. The normalized spacial score (nSPS) is 14.2. The van der Waals surface area contributed by atoms with Crippen molar-refractivity contribution in [2.24, 2.45) is 0 Å². The van der Waals surface area contributed by atoms with Crippen LogP contribution in [-0.2, 0) is 22.7 Å². The number of alkyl halides is 3. The number of imide groups is 1. The Morgan fingerprint density at radius 1 is 1.03 bits per heavy atom. The molecule has 0 N–H and O–H groups in total. The summed E-state index contributed by atoms with van der Waals surface area (Å²) in [5, 5.41) is 0. The van der Waals surface area contributed by atoms with Gasteiger partial charge in [0.25, 0.3) is 5.91 Å². The van der Waals surface area contributed by atoms with Gasteiger partial charge in [-0.1, -0.05) is 30.3 Å². The van der Waals surface area contributed by atoms with Crippen molar-refractivity contribution in [3.05, 3.63) is 65.2 Å². The Kier molecular flexibility index (Phi) is 6.09. The lowest BCUT2D eigenvalue weighted by atomic mass is 10.1. The molecule has 0 spiro atoms. The van der Waals surface area contributed by atoms with Crippen LogP contribution in [0.25, 0.3) is 0 Å². The SMILES string of the molecule is CN(Cc1ccccc1OC(F)(F)F)C(=O)c1ccc(CN2C(=O)CCC2=O)cc1. The van der Waals surface area contributed by atoms with Gasteiger partial charge in [-0.2, -0.15) is 0 Å². The van der Waals surface area contributed by atoms with E-state index >= 15 is 0 Å². The van der Waals surface area contributed by atoms with Gasteiger partial charge in [0.2, 0.25) is 11.8 Å². The summed E-state index contributed by atoms with van der Waals surface area (Å²) in [6.07, 6.45) is -4.41. The van der Waals surface area contributed by atoms with E-state index in [2.05, 4.69) is 4.74 Å². The summed E-state index contributed by atoms with van der Waals surface area (Å²) in [7, 11) is 1.47. The standard InChI is InChI=1S/C21H19F3N2O4/c1-25(13-16-4-2-3-5-17(16)30-21(22,23)24)20(29)15-8-6-14(7-9-15)12-26-18(27)10-11-19(26)28/h2-9H,10-13H2,1H3. The molecule has 0 atom stereocenters. The molecule has 1 fully saturated rings. The van der Waals surface area contributed by atoms with Crippen molar-refractivity contribution in [3.8, 4) is 5.75 Å². The summed E-state index contributed by atoms with van der Waals surface area (Å²) in [5.41, 5.74) is 1.24. The van der Waals surface area contributed by atoms with Crippen LogP contribution in [0.1, 0.15) is 34.3 Å². The molecule has 0 bridgehead atoms. The van der Waals surface area contributed by atoms with Crippen LogP contribution < -0.4 is 4.74 Å². The van der Waals surface area contributed by atoms with Crippen molar-refractivity contribution in [3.63, 3.8) is 0 Å². The van der Waals surface area contributed by atoms with E-state index < -0.39 is 12.3 Å². The van der Waals surface area contributed by atoms with Crippen LogP contribution in [0, 0.1) is 0 Å². The molecule has 3 rings (SSSR count). The Hall–Kier alpha value is -3.36. The molecular weight excluding hydrogens is 401 g/mol. The fourth-order valence-corrected chi connectivity index (χ4v) is 3.14. The van der Waals surface area contributed by atoms with Gasteiger partial charge in [-0.15, -0.1) is 13.2 Å². The summed E-state index contributed by atoms with van der Waals surface area (Å²) in [5.74, 6) is -1.20. The lowest BCUT2D eigenvalue weighted by Gasteiger charge is -2.20. The first kappa shape index (κ1) is 21.4. The summed E-state index contributed by atoms with van der Waals surface area (Å²) < 4.78 is 41.7. The highest BCUT2D eigenvalue weighted by Crippen LogP contribution is 2.27. The molecule has 1 saturated heterocycles. The molecule has 0 radical (unpaired) electrons. The topological polar surface area (TPSA) is 66.9 Å². The number of carbonyl (C=O) groups is 3. The van der Waals surface area contributed by atoms with Crippen LogP contribution in [0.3, 0.4) is 0 Å². The minimum atomic E-state index is -4.83. The number of hydrogen-bond acceptors (Lipinski definition) is 4. The van der Waals surface area contributed by atoms with E-state index in [0.29, 0.717) is 11.1 Å². The number of rotatable bonds is 6. The van der Waals surface area contributed by atoms with Gasteiger partial charge in [-0.05, 0) is 23.8 Å². The Balaban J connectivity index is 1.67. The first-order valence-corrected chi connectivity index (χ1v) is 9.15. The second kappa shape index (κ2) is 8.56. The molecule has 6 nitrogen and oxygen atoms in total. The number of halogens is 3. The zero-order valence-corrected chi connectivity index (χ0v) is 16.1. The molecule has 2 aromatic carbocycles. The zero-order chi connectivity index (χ0) is 21.9. The van der Waals surface area contributed by atoms with Crippen molar-refractivity contribution in [1.82, 2.24) is 9.80 Å². The number of benzene rings is 2. The van der Waals surface area contributed by atoms with E-state index in [1.165, 1.54) is 35.0 Å². The molecule has 3 amide bonds. The van der Waals surface area contributed by atoms with Gasteiger partial charge in [-0.3, -0.25) is 19.3 Å². The highest BCUT2D eigenvalue weighted by atomic mass is 19.4. The second-order valence-corrected chi connectivity index (χ2v) is 6.89. The summed E-state index contributed by atoms with van der Waals surface area (Å²) in [6, 6.07) is 12.0. The van der Waals surface area contributed by atoms with Gasteiger partial charge in [-0.25, -0.2) is 0 Å². The Labute approximate surface area is 170 Å². The lowest BCUT2D eigenvalue weighted by molar-refractivity contribution is -0.275. The molecule has 1 aliphatic heterocycles. The Morgan fingerprint density at radius 2 is 1.63 bits per heavy atom. The van der Waals surface area contributed by atoms with Gasteiger partial charge in [0, 0.05) is 37.6 Å². The average Bonchev–Trinajstić information content (AvgIpc) is 3.00. The fourth-order valence-electron chi connectivity index (χ4n) is 3.14. The first-order valence-electron chi connectivity index (χ1n) is 9.15. The van der Waals surface area contributed by atoms with E-state index in [9.17, 15) is 27.6 Å². The Bertz CT molecular complexity index is 941. The highest BCUT2D eigenvalue weighted by Gasteiger charge is 2.32. The lowest BCUT2D eigenvalue weighted by Crippen LogP contribution is -2.28. The maximum Gasteiger partial charge on any atom is 0.573 e. The maximum absolute atomic E-state index is 12.6. The van der Waals surface area contributed by atoms with E-state index in [1.54, 1.807) is 30.3 Å². The fraction of sp³-hybridized carbons (Fsp3) is 0.286. The monoisotopic (exact) mass is 420 g/mol. The van der Waals surface area contributed by atoms with Crippen LogP contribution in [-0.4, -0.2) is 40.9 Å². The molecular formula is C21H19F3N2O4. The van der Waals surface area contributed by atoms with Crippen LogP contribution in [0.15, 0.2) is 48.5 Å². The van der Waals surface area contributed by atoms with E-state index in [0.717, 1.165) is 0 Å². The largest absolute Gasteiger partial charge is 0.573 e. The minimum Gasteiger partial charge on any atom is -0.405 e. The third-order valence-corrected chi connectivity index (χ3v) is 4.65.